The SMILES string of the molecule is COc1ccc(S(=O)(=O)N2CCC(C(=O)NCC3(N4CCCCC4)CCCCC3)CC2)cc1. The van der Waals surface area contributed by atoms with Gasteiger partial charge in [-0.15, -0.1) is 0 Å². The second kappa shape index (κ2) is 10.7. The maximum Gasteiger partial charge on any atom is 0.243 e. The number of sulfonamides is 1. The van der Waals surface area contributed by atoms with Gasteiger partial charge in [-0.25, -0.2) is 8.42 Å². The number of rotatable bonds is 7. The molecule has 1 aromatic carbocycles. The first-order valence-corrected chi connectivity index (χ1v) is 14.1. The number of carbonyl (C=O) groups is 1. The van der Waals surface area contributed by atoms with Crippen molar-refractivity contribution in [2.24, 2.45) is 5.92 Å². The molecule has 8 heteroatoms. The molecule has 3 fully saturated rings. The van der Waals surface area contributed by atoms with Crippen molar-refractivity contribution in [1.82, 2.24) is 14.5 Å². The van der Waals surface area contributed by atoms with Crippen LogP contribution in [0.1, 0.15) is 64.2 Å². The normalized spacial score (nSPS) is 23.2. The van der Waals surface area contributed by atoms with Gasteiger partial charge in [-0.1, -0.05) is 25.7 Å². The fourth-order valence-electron chi connectivity index (χ4n) is 5.83. The van der Waals surface area contributed by atoms with E-state index in [2.05, 4.69) is 10.2 Å². The van der Waals surface area contributed by atoms with Crippen LogP contribution in [0.2, 0.25) is 0 Å². The molecule has 0 bridgehead atoms. The summed E-state index contributed by atoms with van der Waals surface area (Å²) < 4.78 is 32.6. The standard InChI is InChI=1S/C25H39N3O4S/c1-32-22-8-10-23(11-9-22)33(30,31)28-18-12-21(13-19-28)24(29)26-20-25(14-4-2-5-15-25)27-16-6-3-7-17-27/h8-11,21H,2-7,12-20H2,1H3,(H,26,29). The van der Waals surface area contributed by atoms with Crippen molar-refractivity contribution in [3.05, 3.63) is 24.3 Å². The minimum Gasteiger partial charge on any atom is -0.497 e. The second-order valence-corrected chi connectivity index (χ2v) is 11.8. The molecule has 1 saturated carbocycles. The average Bonchev–Trinajstić information content (AvgIpc) is 2.88. The Bertz CT molecular complexity index is 883. The van der Waals surface area contributed by atoms with Gasteiger partial charge < -0.3 is 10.1 Å². The van der Waals surface area contributed by atoms with Gasteiger partial charge in [0.1, 0.15) is 5.75 Å². The molecule has 1 aliphatic carbocycles. The molecule has 2 aliphatic heterocycles. The molecule has 1 aromatic rings. The summed E-state index contributed by atoms with van der Waals surface area (Å²) in [5.41, 5.74) is 0.118. The van der Waals surface area contributed by atoms with Crippen LogP contribution in [0.5, 0.6) is 5.75 Å². The Balaban J connectivity index is 1.32. The average molecular weight is 478 g/mol. The Hall–Kier alpha value is -1.64. The number of carbonyl (C=O) groups excluding carboxylic acids is 1. The van der Waals surface area contributed by atoms with E-state index in [0.717, 1.165) is 19.6 Å². The molecule has 7 nitrogen and oxygen atoms in total. The number of nitrogens with one attached hydrogen (secondary N) is 1. The minimum atomic E-state index is -3.55. The van der Waals surface area contributed by atoms with Crippen LogP contribution in [-0.4, -0.2) is 68.9 Å². The van der Waals surface area contributed by atoms with E-state index in [9.17, 15) is 13.2 Å². The van der Waals surface area contributed by atoms with E-state index in [1.165, 1.54) is 55.7 Å². The van der Waals surface area contributed by atoms with E-state index in [-0.39, 0.29) is 22.3 Å². The van der Waals surface area contributed by atoms with Crippen molar-refractivity contribution in [3.8, 4) is 5.75 Å². The molecule has 184 valence electrons. The molecule has 2 heterocycles. The van der Waals surface area contributed by atoms with Crippen LogP contribution < -0.4 is 10.1 Å². The zero-order chi connectivity index (χ0) is 23.3. The largest absolute Gasteiger partial charge is 0.497 e. The van der Waals surface area contributed by atoms with Crippen molar-refractivity contribution in [2.45, 2.75) is 74.6 Å². The van der Waals surface area contributed by atoms with Crippen LogP contribution >= 0.6 is 0 Å². The van der Waals surface area contributed by atoms with Gasteiger partial charge in [0.25, 0.3) is 0 Å². The first-order valence-electron chi connectivity index (χ1n) is 12.6. The predicted octanol–water partition coefficient (Wildman–Crippen LogP) is 3.40. The summed E-state index contributed by atoms with van der Waals surface area (Å²) >= 11 is 0. The summed E-state index contributed by atoms with van der Waals surface area (Å²) in [6.07, 6.45) is 11.1. The minimum absolute atomic E-state index is 0.0958. The molecule has 0 radical (unpaired) electrons. The number of hydrogen-bond donors (Lipinski definition) is 1. The molecule has 0 aromatic heterocycles. The van der Waals surface area contributed by atoms with Crippen molar-refractivity contribution in [2.75, 3.05) is 39.8 Å². The summed E-state index contributed by atoms with van der Waals surface area (Å²) in [4.78, 5) is 16.0. The molecule has 1 N–H and O–H groups in total. The van der Waals surface area contributed by atoms with Gasteiger partial charge in [0, 0.05) is 31.1 Å². The highest BCUT2D eigenvalue weighted by Gasteiger charge is 2.39. The molecule has 4 rings (SSSR count). The Kier molecular flexibility index (Phi) is 7.97. The zero-order valence-corrected chi connectivity index (χ0v) is 20.7. The van der Waals surface area contributed by atoms with Crippen LogP contribution in [0.4, 0.5) is 0 Å². The highest BCUT2D eigenvalue weighted by Crippen LogP contribution is 2.35. The number of piperidine rings is 2. The lowest BCUT2D eigenvalue weighted by Crippen LogP contribution is -2.58. The predicted molar refractivity (Wildman–Crippen MR) is 129 cm³/mol. The van der Waals surface area contributed by atoms with Crippen LogP contribution in [0, 0.1) is 5.92 Å². The molecular formula is C25H39N3O4S. The Morgan fingerprint density at radius 2 is 1.58 bits per heavy atom. The van der Waals surface area contributed by atoms with E-state index >= 15 is 0 Å². The number of hydrogen-bond acceptors (Lipinski definition) is 5. The summed E-state index contributed by atoms with van der Waals surface area (Å²) in [6, 6.07) is 6.49. The Morgan fingerprint density at radius 3 is 2.18 bits per heavy atom. The maximum absolute atomic E-state index is 13.1. The van der Waals surface area contributed by atoms with Gasteiger partial charge in [-0.05, 0) is 75.9 Å². The van der Waals surface area contributed by atoms with Crippen LogP contribution in [0.25, 0.3) is 0 Å². The molecular weight excluding hydrogens is 438 g/mol. The smallest absolute Gasteiger partial charge is 0.243 e. The van der Waals surface area contributed by atoms with Gasteiger partial charge in [-0.2, -0.15) is 4.31 Å². The van der Waals surface area contributed by atoms with Gasteiger partial charge in [0.2, 0.25) is 15.9 Å². The van der Waals surface area contributed by atoms with Gasteiger partial charge in [0.15, 0.2) is 0 Å². The molecule has 0 atom stereocenters. The number of methoxy groups -OCH3 is 1. The molecule has 0 unspecified atom stereocenters. The van der Waals surface area contributed by atoms with Gasteiger partial charge in [0.05, 0.1) is 12.0 Å². The van der Waals surface area contributed by atoms with E-state index in [1.54, 1.807) is 31.4 Å². The third-order valence-corrected chi connectivity index (χ3v) is 9.84. The lowest BCUT2D eigenvalue weighted by atomic mass is 9.79. The molecule has 1 amide bonds. The number of benzene rings is 1. The topological polar surface area (TPSA) is 79.0 Å². The fourth-order valence-corrected chi connectivity index (χ4v) is 7.30. The van der Waals surface area contributed by atoms with Crippen molar-refractivity contribution in [1.29, 1.82) is 0 Å². The highest BCUT2D eigenvalue weighted by molar-refractivity contribution is 7.89. The number of amides is 1. The third-order valence-electron chi connectivity index (χ3n) is 7.92. The Labute approximate surface area is 198 Å². The molecule has 3 aliphatic rings. The highest BCUT2D eigenvalue weighted by atomic mass is 32.2. The van der Waals surface area contributed by atoms with E-state index in [1.807, 2.05) is 0 Å². The summed E-state index contributed by atoms with van der Waals surface area (Å²) in [7, 11) is -1.99. The van der Waals surface area contributed by atoms with Gasteiger partial charge in [-0.3, -0.25) is 9.69 Å². The number of ether oxygens (including phenoxy) is 1. The quantitative estimate of drug-likeness (QED) is 0.651. The van der Waals surface area contributed by atoms with Crippen LogP contribution in [0.3, 0.4) is 0 Å². The van der Waals surface area contributed by atoms with Crippen molar-refractivity contribution < 1.29 is 17.9 Å². The summed E-state index contributed by atoms with van der Waals surface area (Å²) in [5, 5.41) is 3.30. The second-order valence-electron chi connectivity index (χ2n) is 9.90. The van der Waals surface area contributed by atoms with Gasteiger partial charge >= 0.3 is 0 Å². The van der Waals surface area contributed by atoms with Crippen molar-refractivity contribution in [3.63, 3.8) is 0 Å². The zero-order valence-electron chi connectivity index (χ0n) is 19.9. The van der Waals surface area contributed by atoms with Crippen LogP contribution in [0.15, 0.2) is 29.2 Å². The number of nitrogens with zero attached hydrogens (tertiary/aromatic N) is 2. The molecule has 33 heavy (non-hydrogen) atoms. The van der Waals surface area contributed by atoms with Crippen LogP contribution in [-0.2, 0) is 14.8 Å². The van der Waals surface area contributed by atoms with E-state index < -0.39 is 10.0 Å². The van der Waals surface area contributed by atoms with E-state index in [4.69, 9.17) is 4.74 Å². The summed E-state index contributed by atoms with van der Waals surface area (Å²) in [6.45, 7) is 3.79. The lowest BCUT2D eigenvalue weighted by Gasteiger charge is -2.48. The monoisotopic (exact) mass is 477 g/mol. The first kappa shape index (κ1) is 24.5. The first-order chi connectivity index (χ1) is 15.9. The molecule has 0 spiro atoms. The third kappa shape index (κ3) is 5.54. The Morgan fingerprint density at radius 1 is 0.970 bits per heavy atom. The molecule has 2 saturated heterocycles. The maximum atomic E-state index is 13.1. The fraction of sp³-hybridized carbons (Fsp3) is 0.720. The number of likely N-dealkylation sites (tertiary alicyclic amines) is 1. The lowest BCUT2D eigenvalue weighted by molar-refractivity contribution is -0.127. The van der Waals surface area contributed by atoms with E-state index in [0.29, 0.717) is 31.7 Å². The summed E-state index contributed by atoms with van der Waals surface area (Å²) in [5.74, 6) is 0.609. The van der Waals surface area contributed by atoms with Crippen molar-refractivity contribution >= 4 is 15.9 Å².